The number of rotatable bonds is 3. The van der Waals surface area contributed by atoms with E-state index >= 15 is 0 Å². The van der Waals surface area contributed by atoms with Crippen LogP contribution in [-0.4, -0.2) is 25.2 Å². The van der Waals surface area contributed by atoms with E-state index < -0.39 is 0 Å². The third kappa shape index (κ3) is 2.99. The molecule has 108 valence electrons. The third-order valence-corrected chi connectivity index (χ3v) is 3.33. The van der Waals surface area contributed by atoms with Gasteiger partial charge in [0.15, 0.2) is 6.61 Å². The normalized spacial score (nSPS) is 16.8. The first-order valence-electron chi connectivity index (χ1n) is 6.98. The van der Waals surface area contributed by atoms with Crippen LogP contribution in [0.25, 0.3) is 0 Å². The molecule has 1 amide bonds. The Hall–Kier alpha value is -2.49. The number of anilines is 1. The van der Waals surface area contributed by atoms with Gasteiger partial charge < -0.3 is 14.4 Å². The fourth-order valence-electron chi connectivity index (χ4n) is 2.37. The molecule has 1 heterocycles. The van der Waals surface area contributed by atoms with Crippen molar-refractivity contribution in [3.8, 4) is 11.5 Å². The van der Waals surface area contributed by atoms with E-state index in [4.69, 9.17) is 9.47 Å². The second-order valence-electron chi connectivity index (χ2n) is 5.00. The van der Waals surface area contributed by atoms with Gasteiger partial charge in [-0.2, -0.15) is 0 Å². The summed E-state index contributed by atoms with van der Waals surface area (Å²) in [5.74, 6) is 1.37. The van der Waals surface area contributed by atoms with Crippen LogP contribution in [0.15, 0.2) is 54.6 Å². The van der Waals surface area contributed by atoms with Crippen molar-refractivity contribution in [2.75, 3.05) is 18.1 Å². The second-order valence-corrected chi connectivity index (χ2v) is 5.00. The van der Waals surface area contributed by atoms with Crippen molar-refractivity contribution in [2.45, 2.75) is 13.0 Å². The summed E-state index contributed by atoms with van der Waals surface area (Å²) in [6.45, 7) is 2.51. The molecule has 0 saturated carbocycles. The molecule has 2 aromatic carbocycles. The highest BCUT2D eigenvalue weighted by Gasteiger charge is 2.27. The highest BCUT2D eigenvalue weighted by molar-refractivity contribution is 5.96. The van der Waals surface area contributed by atoms with Crippen molar-refractivity contribution in [1.29, 1.82) is 0 Å². The van der Waals surface area contributed by atoms with Crippen LogP contribution in [0, 0.1) is 0 Å². The van der Waals surface area contributed by atoms with Gasteiger partial charge in [-0.3, -0.25) is 4.79 Å². The Bertz CT molecular complexity index is 627. The number of ether oxygens (including phenoxy) is 2. The molecule has 1 aliphatic heterocycles. The van der Waals surface area contributed by atoms with E-state index in [1.165, 1.54) is 0 Å². The first-order chi connectivity index (χ1) is 10.2. The lowest BCUT2D eigenvalue weighted by molar-refractivity contribution is -0.121. The van der Waals surface area contributed by atoms with Crippen LogP contribution in [0.3, 0.4) is 0 Å². The van der Waals surface area contributed by atoms with E-state index in [0.29, 0.717) is 12.3 Å². The Labute approximate surface area is 123 Å². The van der Waals surface area contributed by atoms with E-state index in [1.54, 1.807) is 4.90 Å². The lowest BCUT2D eigenvalue weighted by Gasteiger charge is -2.33. The summed E-state index contributed by atoms with van der Waals surface area (Å²) in [4.78, 5) is 14.2. The van der Waals surface area contributed by atoms with E-state index in [-0.39, 0.29) is 18.6 Å². The number of para-hydroxylation sites is 3. The highest BCUT2D eigenvalue weighted by Crippen LogP contribution is 2.32. The fraction of sp³-hybridized carbons (Fsp3) is 0.235. The van der Waals surface area contributed by atoms with E-state index in [1.807, 2.05) is 61.5 Å². The van der Waals surface area contributed by atoms with E-state index in [0.717, 1.165) is 11.4 Å². The van der Waals surface area contributed by atoms with Crippen molar-refractivity contribution in [3.05, 3.63) is 54.6 Å². The summed E-state index contributed by atoms with van der Waals surface area (Å²) in [5, 5.41) is 0. The standard InChI is InChI=1S/C17H17NO3/c1-13-11-18(15-9-5-6-10-16(15)21-13)17(19)12-20-14-7-3-2-4-8-14/h2-10,13H,11-12H2,1H3/t13-/m1/s1. The number of hydrogen-bond acceptors (Lipinski definition) is 3. The SMILES string of the molecule is C[C@@H]1CN(C(=O)COc2ccccc2)c2ccccc2O1. The summed E-state index contributed by atoms with van der Waals surface area (Å²) in [6.07, 6.45) is -0.0272. The van der Waals surface area contributed by atoms with Gasteiger partial charge in [0.2, 0.25) is 0 Å². The molecule has 0 saturated heterocycles. The Morgan fingerprint density at radius 3 is 2.71 bits per heavy atom. The van der Waals surface area contributed by atoms with Gasteiger partial charge in [-0.05, 0) is 31.2 Å². The number of fused-ring (bicyclic) bond motifs is 1. The molecule has 0 unspecified atom stereocenters. The molecule has 0 N–H and O–H groups in total. The smallest absolute Gasteiger partial charge is 0.265 e. The van der Waals surface area contributed by atoms with Crippen LogP contribution in [-0.2, 0) is 4.79 Å². The molecule has 21 heavy (non-hydrogen) atoms. The van der Waals surface area contributed by atoms with E-state index in [2.05, 4.69) is 0 Å². The Kier molecular flexibility index (Phi) is 3.77. The molecule has 0 spiro atoms. The summed E-state index contributed by atoms with van der Waals surface area (Å²) in [6, 6.07) is 16.9. The minimum Gasteiger partial charge on any atom is -0.487 e. The molecule has 0 aromatic heterocycles. The van der Waals surface area contributed by atoms with Crippen molar-refractivity contribution in [1.82, 2.24) is 0 Å². The number of nitrogens with zero attached hydrogens (tertiary/aromatic N) is 1. The molecule has 0 fully saturated rings. The first kappa shape index (κ1) is 13.5. The topological polar surface area (TPSA) is 38.8 Å². The number of benzene rings is 2. The Morgan fingerprint density at radius 2 is 1.90 bits per heavy atom. The van der Waals surface area contributed by atoms with Gasteiger partial charge in [-0.25, -0.2) is 0 Å². The van der Waals surface area contributed by atoms with Crippen molar-refractivity contribution in [3.63, 3.8) is 0 Å². The molecular weight excluding hydrogens is 266 g/mol. The van der Waals surface area contributed by atoms with Crippen LogP contribution >= 0.6 is 0 Å². The zero-order chi connectivity index (χ0) is 14.7. The average molecular weight is 283 g/mol. The molecule has 4 nitrogen and oxygen atoms in total. The number of carbonyl (C=O) groups is 1. The van der Waals surface area contributed by atoms with Gasteiger partial charge in [0, 0.05) is 0 Å². The molecule has 1 atom stereocenters. The molecule has 4 heteroatoms. The molecule has 2 aromatic rings. The molecule has 0 radical (unpaired) electrons. The van der Waals surface area contributed by atoms with Gasteiger partial charge in [-0.1, -0.05) is 30.3 Å². The van der Waals surface area contributed by atoms with Gasteiger partial charge in [-0.15, -0.1) is 0 Å². The lowest BCUT2D eigenvalue weighted by atomic mass is 10.2. The maximum atomic E-state index is 12.4. The summed E-state index contributed by atoms with van der Waals surface area (Å²) >= 11 is 0. The van der Waals surface area contributed by atoms with Crippen LogP contribution in [0.5, 0.6) is 11.5 Å². The maximum absolute atomic E-state index is 12.4. The van der Waals surface area contributed by atoms with Crippen LogP contribution in [0.2, 0.25) is 0 Å². The highest BCUT2D eigenvalue weighted by atomic mass is 16.5. The van der Waals surface area contributed by atoms with Gasteiger partial charge in [0.1, 0.15) is 17.6 Å². The third-order valence-electron chi connectivity index (χ3n) is 3.33. The predicted molar refractivity (Wildman–Crippen MR) is 80.8 cm³/mol. The molecule has 0 aliphatic carbocycles. The lowest BCUT2D eigenvalue weighted by Crippen LogP contribution is -2.44. The fourth-order valence-corrected chi connectivity index (χ4v) is 2.37. The molecular formula is C17H17NO3. The summed E-state index contributed by atoms with van der Waals surface area (Å²) in [5.41, 5.74) is 0.803. The molecule has 3 rings (SSSR count). The molecule has 1 aliphatic rings. The predicted octanol–water partition coefficient (Wildman–Crippen LogP) is 2.88. The Morgan fingerprint density at radius 1 is 1.19 bits per heavy atom. The zero-order valence-corrected chi connectivity index (χ0v) is 11.9. The number of hydrogen-bond donors (Lipinski definition) is 0. The maximum Gasteiger partial charge on any atom is 0.265 e. The van der Waals surface area contributed by atoms with Gasteiger partial charge in [0.05, 0.1) is 12.2 Å². The monoisotopic (exact) mass is 283 g/mol. The van der Waals surface area contributed by atoms with Crippen LogP contribution in [0.4, 0.5) is 5.69 Å². The largest absolute Gasteiger partial charge is 0.487 e. The van der Waals surface area contributed by atoms with Crippen molar-refractivity contribution in [2.24, 2.45) is 0 Å². The quantitative estimate of drug-likeness (QED) is 0.869. The number of amides is 1. The minimum atomic E-state index is -0.0681. The van der Waals surface area contributed by atoms with Crippen LogP contribution < -0.4 is 14.4 Å². The summed E-state index contributed by atoms with van der Waals surface area (Å²) in [7, 11) is 0. The second kappa shape index (κ2) is 5.87. The van der Waals surface area contributed by atoms with Crippen LogP contribution in [0.1, 0.15) is 6.92 Å². The van der Waals surface area contributed by atoms with Gasteiger partial charge in [0.25, 0.3) is 5.91 Å². The first-order valence-corrected chi connectivity index (χ1v) is 6.98. The Balaban J connectivity index is 1.73. The molecule has 0 bridgehead atoms. The van der Waals surface area contributed by atoms with E-state index in [9.17, 15) is 4.79 Å². The average Bonchev–Trinajstić information content (AvgIpc) is 2.52. The zero-order valence-electron chi connectivity index (χ0n) is 11.9. The van der Waals surface area contributed by atoms with Crippen molar-refractivity contribution >= 4 is 11.6 Å². The summed E-state index contributed by atoms with van der Waals surface area (Å²) < 4.78 is 11.3. The van der Waals surface area contributed by atoms with Crippen molar-refractivity contribution < 1.29 is 14.3 Å². The number of carbonyl (C=O) groups excluding carboxylic acids is 1. The minimum absolute atomic E-state index is 0.0189. The van der Waals surface area contributed by atoms with Gasteiger partial charge >= 0.3 is 0 Å².